The summed E-state index contributed by atoms with van der Waals surface area (Å²) < 4.78 is 7.70. The molecule has 5 heteroatoms. The second kappa shape index (κ2) is 7.46. The van der Waals surface area contributed by atoms with Crippen molar-refractivity contribution in [2.75, 3.05) is 0 Å². The Bertz CT molecular complexity index is 785. The zero-order chi connectivity index (χ0) is 16.8. The molecule has 122 valence electrons. The summed E-state index contributed by atoms with van der Waals surface area (Å²) in [7, 11) is 0. The first-order chi connectivity index (χ1) is 11.7. The number of benzene rings is 2. The highest BCUT2D eigenvalue weighted by molar-refractivity contribution is 5.94. The second-order valence-corrected chi connectivity index (χ2v) is 5.58. The van der Waals surface area contributed by atoms with Crippen LogP contribution in [-0.2, 0) is 6.54 Å². The summed E-state index contributed by atoms with van der Waals surface area (Å²) >= 11 is 0. The smallest absolute Gasteiger partial charge is 0.251 e. The Kier molecular flexibility index (Phi) is 4.91. The molecule has 0 radical (unpaired) electrons. The van der Waals surface area contributed by atoms with Gasteiger partial charge in [0.15, 0.2) is 0 Å². The fraction of sp³-hybridized carbons (Fsp3) is 0.158. The van der Waals surface area contributed by atoms with Crippen molar-refractivity contribution in [2.24, 2.45) is 0 Å². The molecule has 0 aliphatic carbocycles. The molecule has 0 saturated carbocycles. The molecule has 5 nitrogen and oxygen atoms in total. The Morgan fingerprint density at radius 3 is 2.71 bits per heavy atom. The predicted molar refractivity (Wildman–Crippen MR) is 92.1 cm³/mol. The van der Waals surface area contributed by atoms with E-state index in [-0.39, 0.29) is 11.9 Å². The highest BCUT2D eigenvalue weighted by atomic mass is 16.5. The lowest BCUT2D eigenvalue weighted by molar-refractivity contribution is 0.0936. The SMILES string of the molecule is C[C@H](Cn1ccnc1)NC(=O)c1cccc(Oc2ccccc2)c1. The minimum atomic E-state index is -0.124. The molecule has 0 fully saturated rings. The van der Waals surface area contributed by atoms with Crippen molar-refractivity contribution in [3.05, 3.63) is 78.9 Å². The van der Waals surface area contributed by atoms with Crippen LogP contribution in [-0.4, -0.2) is 21.5 Å². The molecule has 1 amide bonds. The van der Waals surface area contributed by atoms with Gasteiger partial charge in [-0.1, -0.05) is 24.3 Å². The van der Waals surface area contributed by atoms with E-state index in [1.165, 1.54) is 0 Å². The topological polar surface area (TPSA) is 56.2 Å². The number of hydrogen-bond acceptors (Lipinski definition) is 3. The van der Waals surface area contributed by atoms with Crippen molar-refractivity contribution in [3.63, 3.8) is 0 Å². The number of carbonyl (C=O) groups excluding carboxylic acids is 1. The van der Waals surface area contributed by atoms with Crippen LogP contribution in [0.5, 0.6) is 11.5 Å². The van der Waals surface area contributed by atoms with Gasteiger partial charge in [0.2, 0.25) is 0 Å². The lowest BCUT2D eigenvalue weighted by Gasteiger charge is -2.15. The number of amides is 1. The van der Waals surface area contributed by atoms with Gasteiger partial charge in [-0.05, 0) is 37.3 Å². The minimum Gasteiger partial charge on any atom is -0.457 e. The van der Waals surface area contributed by atoms with Gasteiger partial charge < -0.3 is 14.6 Å². The van der Waals surface area contributed by atoms with Gasteiger partial charge >= 0.3 is 0 Å². The highest BCUT2D eigenvalue weighted by Gasteiger charge is 2.11. The third-order valence-corrected chi connectivity index (χ3v) is 3.50. The van der Waals surface area contributed by atoms with Crippen LogP contribution in [0.25, 0.3) is 0 Å². The zero-order valence-corrected chi connectivity index (χ0v) is 13.4. The number of para-hydroxylation sites is 1. The molecule has 3 aromatic rings. The van der Waals surface area contributed by atoms with E-state index in [2.05, 4.69) is 10.3 Å². The van der Waals surface area contributed by atoms with Gasteiger partial charge in [-0.15, -0.1) is 0 Å². The van der Waals surface area contributed by atoms with Crippen LogP contribution in [0.1, 0.15) is 17.3 Å². The average molecular weight is 321 g/mol. The first-order valence-corrected chi connectivity index (χ1v) is 7.80. The van der Waals surface area contributed by atoms with Crippen molar-refractivity contribution in [1.29, 1.82) is 0 Å². The van der Waals surface area contributed by atoms with Crippen LogP contribution in [0.3, 0.4) is 0 Å². The maximum absolute atomic E-state index is 12.4. The Balaban J connectivity index is 1.63. The van der Waals surface area contributed by atoms with E-state index in [0.717, 1.165) is 5.75 Å². The first-order valence-electron chi connectivity index (χ1n) is 7.80. The number of imidazole rings is 1. The molecule has 2 aromatic carbocycles. The van der Waals surface area contributed by atoms with Gasteiger partial charge in [0.25, 0.3) is 5.91 Å². The fourth-order valence-electron chi connectivity index (χ4n) is 2.39. The highest BCUT2D eigenvalue weighted by Crippen LogP contribution is 2.21. The molecule has 0 bridgehead atoms. The third-order valence-electron chi connectivity index (χ3n) is 3.50. The maximum Gasteiger partial charge on any atom is 0.251 e. The Morgan fingerprint density at radius 1 is 1.17 bits per heavy atom. The van der Waals surface area contributed by atoms with Gasteiger partial charge in [0.1, 0.15) is 11.5 Å². The maximum atomic E-state index is 12.4. The molecule has 1 aromatic heterocycles. The van der Waals surface area contributed by atoms with Crippen molar-refractivity contribution in [3.8, 4) is 11.5 Å². The van der Waals surface area contributed by atoms with Gasteiger partial charge in [-0.25, -0.2) is 4.98 Å². The van der Waals surface area contributed by atoms with Crippen molar-refractivity contribution >= 4 is 5.91 Å². The molecule has 1 atom stereocenters. The van der Waals surface area contributed by atoms with Crippen LogP contribution in [0.4, 0.5) is 0 Å². The fourth-order valence-corrected chi connectivity index (χ4v) is 2.39. The number of hydrogen-bond donors (Lipinski definition) is 1. The van der Waals surface area contributed by atoms with E-state index in [0.29, 0.717) is 17.9 Å². The van der Waals surface area contributed by atoms with Gasteiger partial charge in [0.05, 0.1) is 6.33 Å². The number of ether oxygens (including phenoxy) is 1. The summed E-state index contributed by atoms with van der Waals surface area (Å²) in [5, 5.41) is 2.98. The zero-order valence-electron chi connectivity index (χ0n) is 13.4. The number of rotatable bonds is 6. The van der Waals surface area contributed by atoms with E-state index < -0.39 is 0 Å². The summed E-state index contributed by atoms with van der Waals surface area (Å²) in [5.41, 5.74) is 0.570. The number of nitrogens with zero attached hydrogens (tertiary/aromatic N) is 2. The Hall–Kier alpha value is -3.08. The van der Waals surface area contributed by atoms with Crippen LogP contribution >= 0.6 is 0 Å². The van der Waals surface area contributed by atoms with E-state index in [9.17, 15) is 4.79 Å². The predicted octanol–water partition coefficient (Wildman–Crippen LogP) is 3.49. The molecular weight excluding hydrogens is 302 g/mol. The molecule has 0 spiro atoms. The Morgan fingerprint density at radius 2 is 1.96 bits per heavy atom. The normalized spacial score (nSPS) is 11.7. The van der Waals surface area contributed by atoms with Crippen molar-refractivity contribution < 1.29 is 9.53 Å². The number of aromatic nitrogens is 2. The minimum absolute atomic E-state index is 0.00889. The number of nitrogens with one attached hydrogen (secondary N) is 1. The molecular formula is C19H19N3O2. The molecule has 0 saturated heterocycles. The van der Waals surface area contributed by atoms with Crippen LogP contribution in [0.2, 0.25) is 0 Å². The molecule has 1 heterocycles. The summed E-state index contributed by atoms with van der Waals surface area (Å²) in [6, 6.07) is 16.6. The Labute approximate surface area is 140 Å². The summed E-state index contributed by atoms with van der Waals surface area (Å²) in [6.45, 7) is 2.63. The third kappa shape index (κ3) is 4.23. The standard InChI is InChI=1S/C19H19N3O2/c1-15(13-22-11-10-20-14-22)21-19(23)16-6-5-9-18(12-16)24-17-7-3-2-4-8-17/h2-12,14-15H,13H2,1H3,(H,21,23)/t15-/m1/s1. The number of carbonyl (C=O) groups is 1. The van der Waals surface area contributed by atoms with Crippen LogP contribution in [0, 0.1) is 0 Å². The molecule has 24 heavy (non-hydrogen) atoms. The lowest BCUT2D eigenvalue weighted by atomic mass is 10.2. The molecule has 0 aliphatic rings. The summed E-state index contributed by atoms with van der Waals surface area (Å²) in [4.78, 5) is 16.4. The molecule has 1 N–H and O–H groups in total. The van der Waals surface area contributed by atoms with Gasteiger partial charge in [0, 0.05) is 30.5 Å². The van der Waals surface area contributed by atoms with Crippen molar-refractivity contribution in [2.45, 2.75) is 19.5 Å². The van der Waals surface area contributed by atoms with E-state index >= 15 is 0 Å². The average Bonchev–Trinajstić information content (AvgIpc) is 3.09. The summed E-state index contributed by atoms with van der Waals surface area (Å²) in [5.74, 6) is 1.25. The van der Waals surface area contributed by atoms with E-state index in [4.69, 9.17) is 4.74 Å². The lowest BCUT2D eigenvalue weighted by Crippen LogP contribution is -2.35. The van der Waals surface area contributed by atoms with Crippen molar-refractivity contribution in [1.82, 2.24) is 14.9 Å². The second-order valence-electron chi connectivity index (χ2n) is 5.58. The monoisotopic (exact) mass is 321 g/mol. The van der Waals surface area contributed by atoms with E-state index in [1.54, 1.807) is 24.7 Å². The van der Waals surface area contributed by atoms with Crippen LogP contribution in [0.15, 0.2) is 73.3 Å². The van der Waals surface area contributed by atoms with Gasteiger partial charge in [-0.3, -0.25) is 4.79 Å². The molecule has 0 aliphatic heterocycles. The van der Waals surface area contributed by atoms with E-state index in [1.807, 2.05) is 60.2 Å². The largest absolute Gasteiger partial charge is 0.457 e. The van der Waals surface area contributed by atoms with Crippen LogP contribution < -0.4 is 10.1 Å². The summed E-state index contributed by atoms with van der Waals surface area (Å²) in [6.07, 6.45) is 5.33. The quantitative estimate of drug-likeness (QED) is 0.756. The molecule has 3 rings (SSSR count). The first kappa shape index (κ1) is 15.8. The molecule has 0 unspecified atom stereocenters. The van der Waals surface area contributed by atoms with Gasteiger partial charge in [-0.2, -0.15) is 0 Å².